The van der Waals surface area contributed by atoms with E-state index < -0.39 is 5.97 Å². The molecule has 0 radical (unpaired) electrons. The molecule has 6 nitrogen and oxygen atoms in total. The van der Waals surface area contributed by atoms with E-state index in [9.17, 15) is 14.4 Å². The summed E-state index contributed by atoms with van der Waals surface area (Å²) < 4.78 is 8.80. The number of nitrogens with zero attached hydrogens (tertiary/aromatic N) is 2. The molecule has 4 aromatic rings. The van der Waals surface area contributed by atoms with Gasteiger partial charge in [-0.05, 0) is 18.6 Å². The molecule has 2 heterocycles. The Morgan fingerprint density at radius 1 is 1.03 bits per heavy atom. The highest BCUT2D eigenvalue weighted by molar-refractivity contribution is 7.07. The summed E-state index contributed by atoms with van der Waals surface area (Å²) in [5, 5.41) is 2.58. The van der Waals surface area contributed by atoms with Crippen molar-refractivity contribution in [3.63, 3.8) is 0 Å². The molecule has 7 heteroatoms. The number of hydrogen-bond donors (Lipinski definition) is 0. The fourth-order valence-corrected chi connectivity index (χ4v) is 4.54. The first-order valence-corrected chi connectivity index (χ1v) is 10.8. The molecule has 0 spiro atoms. The Bertz CT molecular complexity index is 1310. The number of aryl methyl sites for hydroxylation is 2. The van der Waals surface area contributed by atoms with Crippen LogP contribution in [0.25, 0.3) is 22.2 Å². The van der Waals surface area contributed by atoms with Crippen molar-refractivity contribution in [2.45, 2.75) is 19.9 Å². The molecule has 31 heavy (non-hydrogen) atoms. The van der Waals surface area contributed by atoms with Gasteiger partial charge in [-0.15, -0.1) is 0 Å². The number of carbonyl (C=O) groups is 2. The van der Waals surface area contributed by atoms with Crippen LogP contribution >= 0.6 is 11.3 Å². The number of benzene rings is 2. The smallest absolute Gasteiger partial charge is 0.308 e. The van der Waals surface area contributed by atoms with Crippen LogP contribution in [0.15, 0.2) is 64.8 Å². The Balaban J connectivity index is 1.55. The molecule has 0 bridgehead atoms. The largest absolute Gasteiger partial charge is 0.457 e. The lowest BCUT2D eigenvalue weighted by Crippen LogP contribution is -2.20. The van der Waals surface area contributed by atoms with E-state index in [1.807, 2.05) is 73.1 Å². The van der Waals surface area contributed by atoms with Crippen molar-refractivity contribution in [2.24, 2.45) is 7.05 Å². The molecule has 2 aromatic carbocycles. The predicted molar refractivity (Wildman–Crippen MR) is 122 cm³/mol. The van der Waals surface area contributed by atoms with Crippen molar-refractivity contribution in [2.75, 3.05) is 6.61 Å². The third-order valence-corrected chi connectivity index (χ3v) is 6.19. The van der Waals surface area contributed by atoms with Crippen LogP contribution in [0.4, 0.5) is 0 Å². The minimum absolute atomic E-state index is 0.0336. The van der Waals surface area contributed by atoms with E-state index in [1.165, 1.54) is 4.57 Å². The van der Waals surface area contributed by atoms with Crippen LogP contribution in [0.2, 0.25) is 0 Å². The van der Waals surface area contributed by atoms with E-state index in [2.05, 4.69) is 0 Å². The fourth-order valence-electron chi connectivity index (χ4n) is 3.78. The lowest BCUT2D eigenvalue weighted by molar-refractivity contribution is -0.142. The first-order chi connectivity index (χ1) is 15.0. The average molecular weight is 435 g/mol. The molecule has 2 aromatic heterocycles. The van der Waals surface area contributed by atoms with E-state index in [-0.39, 0.29) is 30.2 Å². The maximum absolute atomic E-state index is 13.2. The number of aromatic nitrogens is 2. The van der Waals surface area contributed by atoms with Crippen LogP contribution in [-0.2, 0) is 23.1 Å². The zero-order valence-corrected chi connectivity index (χ0v) is 18.1. The summed E-state index contributed by atoms with van der Waals surface area (Å²) in [6.45, 7) is 1.72. The predicted octanol–water partition coefficient (Wildman–Crippen LogP) is 4.19. The van der Waals surface area contributed by atoms with Crippen LogP contribution < -0.4 is 4.87 Å². The summed E-state index contributed by atoms with van der Waals surface area (Å²) in [5.41, 5.74) is 4.00. The highest BCUT2D eigenvalue weighted by Crippen LogP contribution is 2.33. The van der Waals surface area contributed by atoms with Crippen LogP contribution in [0.1, 0.15) is 22.5 Å². The van der Waals surface area contributed by atoms with E-state index >= 15 is 0 Å². The summed E-state index contributed by atoms with van der Waals surface area (Å²) >= 11 is 1.10. The van der Waals surface area contributed by atoms with Gasteiger partial charge < -0.3 is 13.9 Å². The van der Waals surface area contributed by atoms with Gasteiger partial charge in [-0.1, -0.05) is 59.9 Å². The highest BCUT2D eigenvalue weighted by atomic mass is 32.1. The molecule has 0 N–H and O–H groups in total. The molecule has 0 aliphatic carbocycles. The second-order valence-electron chi connectivity index (χ2n) is 7.29. The molecular weight excluding hydrogens is 412 g/mol. The van der Waals surface area contributed by atoms with Gasteiger partial charge in [-0.2, -0.15) is 0 Å². The molecule has 4 rings (SSSR count). The van der Waals surface area contributed by atoms with Gasteiger partial charge >= 0.3 is 10.8 Å². The number of thiazole rings is 1. The van der Waals surface area contributed by atoms with Crippen molar-refractivity contribution in [3.05, 3.63) is 80.9 Å². The molecule has 0 saturated heterocycles. The summed E-state index contributed by atoms with van der Waals surface area (Å²) in [7, 11) is 1.92. The normalized spacial score (nSPS) is 11.0. The lowest BCUT2D eigenvalue weighted by atomic mass is 10.0. The number of carbonyl (C=O) groups excluding carboxylic acids is 2. The molecule has 0 atom stereocenters. The van der Waals surface area contributed by atoms with Gasteiger partial charge in [0.05, 0.1) is 17.7 Å². The molecule has 0 unspecified atom stereocenters. The lowest BCUT2D eigenvalue weighted by Gasteiger charge is -2.09. The van der Waals surface area contributed by atoms with Crippen LogP contribution in [0.3, 0.4) is 0 Å². The van der Waals surface area contributed by atoms with Gasteiger partial charge in [-0.3, -0.25) is 14.4 Å². The number of rotatable bonds is 7. The number of ether oxygens (including phenoxy) is 1. The van der Waals surface area contributed by atoms with E-state index in [4.69, 9.17) is 4.74 Å². The number of esters is 1. The fraction of sp³-hybridized carbons (Fsp3) is 0.208. The Labute approximate surface area is 183 Å². The minimum atomic E-state index is -0.507. The second-order valence-corrected chi connectivity index (χ2v) is 8.11. The Kier molecular flexibility index (Phi) is 5.86. The van der Waals surface area contributed by atoms with Gasteiger partial charge in [0.1, 0.15) is 0 Å². The van der Waals surface area contributed by atoms with Gasteiger partial charge in [-0.25, -0.2) is 0 Å². The molecule has 158 valence electrons. The van der Waals surface area contributed by atoms with E-state index in [0.29, 0.717) is 5.56 Å². The van der Waals surface area contributed by atoms with Gasteiger partial charge in [0.2, 0.25) is 5.78 Å². The van der Waals surface area contributed by atoms with Crippen LogP contribution in [0, 0.1) is 6.92 Å². The van der Waals surface area contributed by atoms with Crippen molar-refractivity contribution in [3.8, 4) is 11.3 Å². The van der Waals surface area contributed by atoms with Crippen molar-refractivity contribution in [1.29, 1.82) is 0 Å². The summed E-state index contributed by atoms with van der Waals surface area (Å²) in [4.78, 5) is 37.1. The Hall–Kier alpha value is -3.45. The van der Waals surface area contributed by atoms with Crippen LogP contribution in [-0.4, -0.2) is 27.5 Å². The number of fused-ring (bicyclic) bond motifs is 1. The first kappa shape index (κ1) is 20.8. The quantitative estimate of drug-likeness (QED) is 0.323. The van der Waals surface area contributed by atoms with E-state index in [0.717, 1.165) is 39.2 Å². The summed E-state index contributed by atoms with van der Waals surface area (Å²) in [6, 6.07) is 17.4. The van der Waals surface area contributed by atoms with Crippen molar-refractivity contribution in [1.82, 2.24) is 9.13 Å². The topological polar surface area (TPSA) is 70.3 Å². The Morgan fingerprint density at radius 2 is 1.74 bits per heavy atom. The number of Topliss-reactive ketones (excluding diaryl/α,β-unsaturated/α-hetero) is 1. The first-order valence-electron chi connectivity index (χ1n) is 9.94. The van der Waals surface area contributed by atoms with Crippen molar-refractivity contribution >= 4 is 34.0 Å². The Morgan fingerprint density at radius 3 is 2.45 bits per heavy atom. The van der Waals surface area contributed by atoms with Gasteiger partial charge in [0.25, 0.3) is 0 Å². The molecule has 0 amide bonds. The molecule has 0 aliphatic heterocycles. The standard InChI is InChI=1S/C24H22N2O4S/c1-16-15-31-24(29)26(16)13-12-21(28)30-14-20(27)22-18-10-6-7-11-19(18)25(2)23(22)17-8-4-3-5-9-17/h3-11,15H,12-14H2,1-2H3. The van der Waals surface area contributed by atoms with Gasteiger partial charge in [0.15, 0.2) is 6.61 Å². The zero-order chi connectivity index (χ0) is 22.0. The molecule has 0 saturated carbocycles. The minimum Gasteiger partial charge on any atom is -0.457 e. The number of para-hydroxylation sites is 1. The highest BCUT2D eigenvalue weighted by Gasteiger charge is 2.23. The number of ketones is 1. The average Bonchev–Trinajstić information content (AvgIpc) is 3.27. The third kappa shape index (κ3) is 4.09. The SMILES string of the molecule is Cc1csc(=O)n1CCC(=O)OCC(=O)c1c(-c2ccccc2)n(C)c2ccccc12. The maximum Gasteiger partial charge on any atom is 0.308 e. The maximum atomic E-state index is 13.2. The van der Waals surface area contributed by atoms with Gasteiger partial charge in [0, 0.05) is 35.6 Å². The van der Waals surface area contributed by atoms with E-state index in [1.54, 1.807) is 5.38 Å². The van der Waals surface area contributed by atoms with Crippen LogP contribution in [0.5, 0.6) is 0 Å². The number of hydrogen-bond acceptors (Lipinski definition) is 5. The zero-order valence-electron chi connectivity index (χ0n) is 17.3. The summed E-state index contributed by atoms with van der Waals surface area (Å²) in [6.07, 6.45) is 0.0336. The van der Waals surface area contributed by atoms with Crippen molar-refractivity contribution < 1.29 is 14.3 Å². The monoisotopic (exact) mass is 434 g/mol. The molecule has 0 fully saturated rings. The summed E-state index contributed by atoms with van der Waals surface area (Å²) in [5.74, 6) is -0.764. The second kappa shape index (κ2) is 8.73. The molecular formula is C24H22N2O4S. The molecule has 0 aliphatic rings. The third-order valence-electron chi connectivity index (χ3n) is 5.31.